The average Bonchev–Trinajstić information content (AvgIpc) is 2.29. The Kier molecular flexibility index (Phi) is 6.37. The van der Waals surface area contributed by atoms with Gasteiger partial charge in [-0.15, -0.1) is 0 Å². The fourth-order valence-corrected chi connectivity index (χ4v) is 1.84. The lowest BCUT2D eigenvalue weighted by Crippen LogP contribution is -2.29. The average molecular weight is 241 g/mol. The zero-order chi connectivity index (χ0) is 11.8. The Bertz CT molecular complexity index is 292. The van der Waals surface area contributed by atoms with Gasteiger partial charge >= 0.3 is 0 Å². The van der Waals surface area contributed by atoms with E-state index < -0.39 is 0 Å². The van der Waals surface area contributed by atoms with Crippen LogP contribution in [0.25, 0.3) is 0 Å². The quantitative estimate of drug-likeness (QED) is 0.427. The van der Waals surface area contributed by atoms with Crippen LogP contribution in [0.15, 0.2) is 17.6 Å². The Morgan fingerprint density at radius 2 is 2.12 bits per heavy atom. The SMILES string of the molecule is CCCNCC(O)CSc1ncc(C)cn1. The van der Waals surface area contributed by atoms with E-state index in [0.29, 0.717) is 12.3 Å². The minimum absolute atomic E-state index is 0.346. The molecule has 0 aliphatic carbocycles. The van der Waals surface area contributed by atoms with Crippen molar-refractivity contribution in [3.8, 4) is 0 Å². The number of nitrogens with one attached hydrogen (secondary N) is 1. The maximum absolute atomic E-state index is 9.65. The van der Waals surface area contributed by atoms with E-state index in [1.807, 2.05) is 6.92 Å². The molecule has 0 amide bonds. The molecule has 1 rings (SSSR count). The van der Waals surface area contributed by atoms with Crippen LogP contribution in [0.5, 0.6) is 0 Å². The lowest BCUT2D eigenvalue weighted by Gasteiger charge is -2.10. The van der Waals surface area contributed by atoms with Crippen LogP contribution < -0.4 is 5.32 Å². The molecule has 0 aromatic carbocycles. The fraction of sp³-hybridized carbons (Fsp3) is 0.636. The molecular weight excluding hydrogens is 222 g/mol. The third-order valence-electron chi connectivity index (χ3n) is 1.97. The van der Waals surface area contributed by atoms with Crippen LogP contribution in [0.4, 0.5) is 0 Å². The highest BCUT2D eigenvalue weighted by molar-refractivity contribution is 7.99. The summed E-state index contributed by atoms with van der Waals surface area (Å²) in [5.41, 5.74) is 1.05. The lowest BCUT2D eigenvalue weighted by molar-refractivity contribution is 0.196. The molecule has 16 heavy (non-hydrogen) atoms. The minimum Gasteiger partial charge on any atom is -0.391 e. The van der Waals surface area contributed by atoms with Gasteiger partial charge in [0.1, 0.15) is 0 Å². The molecule has 1 aromatic heterocycles. The smallest absolute Gasteiger partial charge is 0.187 e. The molecule has 5 heteroatoms. The third-order valence-corrected chi connectivity index (χ3v) is 2.99. The van der Waals surface area contributed by atoms with Gasteiger partial charge in [-0.2, -0.15) is 0 Å². The molecule has 0 aliphatic rings. The predicted molar refractivity (Wildman–Crippen MR) is 66.7 cm³/mol. The van der Waals surface area contributed by atoms with E-state index in [9.17, 15) is 5.11 Å². The van der Waals surface area contributed by atoms with E-state index in [0.717, 1.165) is 23.7 Å². The number of hydrogen-bond donors (Lipinski definition) is 2. The van der Waals surface area contributed by atoms with E-state index in [-0.39, 0.29) is 6.10 Å². The van der Waals surface area contributed by atoms with E-state index in [4.69, 9.17) is 0 Å². The van der Waals surface area contributed by atoms with Crippen molar-refractivity contribution in [2.45, 2.75) is 31.5 Å². The summed E-state index contributed by atoms with van der Waals surface area (Å²) in [6, 6.07) is 0. The number of aliphatic hydroxyl groups excluding tert-OH is 1. The number of nitrogens with zero attached hydrogens (tertiary/aromatic N) is 2. The van der Waals surface area contributed by atoms with Gasteiger partial charge in [0.05, 0.1) is 6.10 Å². The summed E-state index contributed by atoms with van der Waals surface area (Å²) in [6.45, 7) is 5.64. The van der Waals surface area contributed by atoms with Gasteiger partial charge < -0.3 is 10.4 Å². The second-order valence-corrected chi connectivity index (χ2v) is 4.70. The summed E-state index contributed by atoms with van der Waals surface area (Å²) in [5, 5.41) is 13.6. The molecule has 90 valence electrons. The van der Waals surface area contributed by atoms with Gasteiger partial charge in [-0.1, -0.05) is 18.7 Å². The normalized spacial score (nSPS) is 12.7. The van der Waals surface area contributed by atoms with Gasteiger partial charge in [0.2, 0.25) is 0 Å². The zero-order valence-corrected chi connectivity index (χ0v) is 10.6. The van der Waals surface area contributed by atoms with Crippen LogP contribution in [0.3, 0.4) is 0 Å². The number of hydrogen-bond acceptors (Lipinski definition) is 5. The molecule has 0 saturated carbocycles. The van der Waals surface area contributed by atoms with Crippen molar-refractivity contribution >= 4 is 11.8 Å². The highest BCUT2D eigenvalue weighted by Gasteiger charge is 2.05. The third kappa shape index (κ3) is 5.44. The van der Waals surface area contributed by atoms with E-state index in [1.165, 1.54) is 11.8 Å². The second kappa shape index (κ2) is 7.60. The van der Waals surface area contributed by atoms with Crippen molar-refractivity contribution in [2.24, 2.45) is 0 Å². The second-order valence-electron chi connectivity index (χ2n) is 3.71. The minimum atomic E-state index is -0.346. The number of aromatic nitrogens is 2. The van der Waals surface area contributed by atoms with Gasteiger partial charge in [-0.05, 0) is 25.5 Å². The first kappa shape index (κ1) is 13.4. The summed E-state index contributed by atoms with van der Waals surface area (Å²) < 4.78 is 0. The molecule has 0 aliphatic heterocycles. The molecule has 0 fully saturated rings. The highest BCUT2D eigenvalue weighted by Crippen LogP contribution is 2.12. The summed E-state index contributed by atoms with van der Waals surface area (Å²) in [5.74, 6) is 0.625. The van der Waals surface area contributed by atoms with E-state index in [2.05, 4.69) is 22.2 Å². The first-order chi connectivity index (χ1) is 7.72. The fourth-order valence-electron chi connectivity index (χ4n) is 1.13. The molecule has 2 N–H and O–H groups in total. The Morgan fingerprint density at radius 3 is 2.75 bits per heavy atom. The van der Waals surface area contributed by atoms with Crippen LogP contribution >= 0.6 is 11.8 Å². The van der Waals surface area contributed by atoms with Crippen molar-refractivity contribution in [2.75, 3.05) is 18.8 Å². The van der Waals surface area contributed by atoms with Gasteiger partial charge in [-0.3, -0.25) is 0 Å². The molecule has 1 aromatic rings. The molecule has 1 unspecified atom stereocenters. The molecule has 4 nitrogen and oxygen atoms in total. The van der Waals surface area contributed by atoms with Crippen molar-refractivity contribution < 1.29 is 5.11 Å². The number of thioether (sulfide) groups is 1. The molecule has 0 radical (unpaired) electrons. The number of aryl methyl sites for hydroxylation is 1. The molecule has 0 spiro atoms. The molecular formula is C11H19N3OS. The van der Waals surface area contributed by atoms with Crippen molar-refractivity contribution in [1.82, 2.24) is 15.3 Å². The van der Waals surface area contributed by atoms with E-state index >= 15 is 0 Å². The number of rotatable bonds is 7. The van der Waals surface area contributed by atoms with Crippen LogP contribution in [0.2, 0.25) is 0 Å². The Labute approximate surface area is 101 Å². The molecule has 1 atom stereocenters. The van der Waals surface area contributed by atoms with Gasteiger partial charge in [0.25, 0.3) is 0 Å². The summed E-state index contributed by atoms with van der Waals surface area (Å²) in [7, 11) is 0. The Balaban J connectivity index is 2.20. The first-order valence-electron chi connectivity index (χ1n) is 5.52. The van der Waals surface area contributed by atoms with Gasteiger partial charge in [-0.25, -0.2) is 9.97 Å². The van der Waals surface area contributed by atoms with Crippen molar-refractivity contribution in [3.05, 3.63) is 18.0 Å². The first-order valence-corrected chi connectivity index (χ1v) is 6.51. The maximum atomic E-state index is 9.65. The largest absolute Gasteiger partial charge is 0.391 e. The van der Waals surface area contributed by atoms with Crippen LogP contribution in [-0.4, -0.2) is 40.0 Å². The predicted octanol–water partition coefficient (Wildman–Crippen LogP) is 1.24. The summed E-state index contributed by atoms with van der Waals surface area (Å²) in [4.78, 5) is 8.33. The highest BCUT2D eigenvalue weighted by atomic mass is 32.2. The Morgan fingerprint density at radius 1 is 1.44 bits per heavy atom. The van der Waals surface area contributed by atoms with Gasteiger partial charge in [0, 0.05) is 24.7 Å². The van der Waals surface area contributed by atoms with Crippen LogP contribution in [0.1, 0.15) is 18.9 Å². The summed E-state index contributed by atoms with van der Waals surface area (Å²) >= 11 is 1.48. The molecule has 0 saturated heterocycles. The van der Waals surface area contributed by atoms with Crippen molar-refractivity contribution in [1.29, 1.82) is 0 Å². The maximum Gasteiger partial charge on any atom is 0.187 e. The monoisotopic (exact) mass is 241 g/mol. The van der Waals surface area contributed by atoms with Crippen LogP contribution in [-0.2, 0) is 0 Å². The van der Waals surface area contributed by atoms with Crippen LogP contribution in [0, 0.1) is 6.92 Å². The molecule has 0 bridgehead atoms. The molecule has 1 heterocycles. The Hall–Kier alpha value is -0.650. The standard InChI is InChI=1S/C11H19N3OS/c1-3-4-12-7-10(15)8-16-11-13-5-9(2)6-14-11/h5-6,10,12,15H,3-4,7-8H2,1-2H3. The number of aliphatic hydroxyl groups is 1. The van der Waals surface area contributed by atoms with Crippen molar-refractivity contribution in [3.63, 3.8) is 0 Å². The zero-order valence-electron chi connectivity index (χ0n) is 9.81. The summed E-state index contributed by atoms with van der Waals surface area (Å²) in [6.07, 6.45) is 4.32. The van der Waals surface area contributed by atoms with E-state index in [1.54, 1.807) is 12.4 Å². The lowest BCUT2D eigenvalue weighted by atomic mass is 10.4. The van der Waals surface area contributed by atoms with Gasteiger partial charge in [0.15, 0.2) is 5.16 Å². The topological polar surface area (TPSA) is 58.0 Å².